The largest absolute Gasteiger partial charge is 0.469 e. The number of ether oxygens (including phenoxy) is 1. The molecule has 27 heavy (non-hydrogen) atoms. The summed E-state index contributed by atoms with van der Waals surface area (Å²) in [6.45, 7) is 6.03. The molecule has 1 aliphatic heterocycles. The van der Waals surface area contributed by atoms with Crippen molar-refractivity contribution in [2.45, 2.75) is 77.3 Å². The highest BCUT2D eigenvalue weighted by molar-refractivity contribution is 6.08. The predicted octanol–water partition coefficient (Wildman–Crippen LogP) is 1.86. The number of carbonyl (C=O) groups is 4. The van der Waals surface area contributed by atoms with E-state index in [9.17, 15) is 19.2 Å². The Balaban J connectivity index is 3.14. The number of aldehydes is 1. The Kier molecular flexibility index (Phi) is 9.09. The first-order chi connectivity index (χ1) is 12.7. The Morgan fingerprint density at radius 2 is 1.93 bits per heavy atom. The molecule has 0 aliphatic carbocycles. The van der Waals surface area contributed by atoms with Gasteiger partial charge in [0.2, 0.25) is 5.91 Å². The maximum Gasteiger partial charge on any atom is 0.306 e. The molecular formula is C20H34N2O5. The van der Waals surface area contributed by atoms with Gasteiger partial charge >= 0.3 is 5.97 Å². The average Bonchev–Trinajstić information content (AvgIpc) is 3.10. The van der Waals surface area contributed by atoms with Gasteiger partial charge in [0.25, 0.3) is 0 Å². The molecule has 1 unspecified atom stereocenters. The van der Waals surface area contributed by atoms with Crippen molar-refractivity contribution < 1.29 is 23.9 Å². The Labute approximate surface area is 162 Å². The second kappa shape index (κ2) is 10.5. The van der Waals surface area contributed by atoms with Crippen LogP contribution < -0.4 is 5.73 Å². The molecule has 0 saturated carbocycles. The number of esters is 1. The van der Waals surface area contributed by atoms with Gasteiger partial charge in [-0.25, -0.2) is 0 Å². The summed E-state index contributed by atoms with van der Waals surface area (Å²) in [7, 11) is 1.28. The molecule has 154 valence electrons. The molecule has 2 N–H and O–H groups in total. The number of hydrogen-bond acceptors (Lipinski definition) is 6. The standard InChI is InChI=1S/C20H34N2O5/c1-5-6-7-9-15(12-16(24)27-4)18(25)20(13-23)10-8-11-22(20)19(26)17(21)14(2)3/h13-15,17H,5-12,21H2,1-4H3/t15?,17-,20-/m0/s1. The lowest BCUT2D eigenvalue weighted by molar-refractivity contribution is -0.153. The second-order valence-electron chi connectivity index (χ2n) is 7.74. The molecule has 1 heterocycles. The molecule has 0 aromatic carbocycles. The molecule has 0 spiro atoms. The lowest BCUT2D eigenvalue weighted by Gasteiger charge is -2.37. The Hall–Kier alpha value is -1.76. The lowest BCUT2D eigenvalue weighted by atomic mass is 9.80. The van der Waals surface area contributed by atoms with Gasteiger partial charge in [-0.1, -0.05) is 40.0 Å². The van der Waals surface area contributed by atoms with E-state index in [1.807, 2.05) is 13.8 Å². The summed E-state index contributed by atoms with van der Waals surface area (Å²) in [6.07, 6.45) is 4.52. The van der Waals surface area contributed by atoms with Crippen LogP contribution in [-0.2, 0) is 23.9 Å². The van der Waals surface area contributed by atoms with Gasteiger partial charge in [0.1, 0.15) is 0 Å². The quantitative estimate of drug-likeness (QED) is 0.253. The summed E-state index contributed by atoms with van der Waals surface area (Å²) in [5, 5.41) is 0. The van der Waals surface area contributed by atoms with E-state index in [0.717, 1.165) is 19.3 Å². The van der Waals surface area contributed by atoms with Crippen LogP contribution in [0.4, 0.5) is 0 Å². The van der Waals surface area contributed by atoms with E-state index in [4.69, 9.17) is 10.5 Å². The Morgan fingerprint density at radius 3 is 2.44 bits per heavy atom. The number of amides is 1. The van der Waals surface area contributed by atoms with Gasteiger partial charge in [0, 0.05) is 12.5 Å². The number of Topliss-reactive ketones (excluding diaryl/α,β-unsaturated/α-hetero) is 1. The molecule has 7 heteroatoms. The number of carbonyl (C=O) groups excluding carboxylic acids is 4. The van der Waals surface area contributed by atoms with Crippen LogP contribution in [0.3, 0.4) is 0 Å². The van der Waals surface area contributed by atoms with E-state index in [1.54, 1.807) is 0 Å². The fourth-order valence-electron chi connectivity index (χ4n) is 3.65. The number of methoxy groups -OCH3 is 1. The van der Waals surface area contributed by atoms with E-state index in [1.165, 1.54) is 12.0 Å². The summed E-state index contributed by atoms with van der Waals surface area (Å²) in [4.78, 5) is 51.5. The summed E-state index contributed by atoms with van der Waals surface area (Å²) in [5.41, 5.74) is 4.48. The number of nitrogens with two attached hydrogens (primary N) is 1. The highest BCUT2D eigenvalue weighted by Gasteiger charge is 2.52. The Morgan fingerprint density at radius 1 is 1.26 bits per heavy atom. The van der Waals surface area contributed by atoms with Crippen LogP contribution in [0.25, 0.3) is 0 Å². The van der Waals surface area contributed by atoms with Crippen LogP contribution in [0.2, 0.25) is 0 Å². The molecule has 0 aromatic heterocycles. The molecule has 1 amide bonds. The second-order valence-corrected chi connectivity index (χ2v) is 7.74. The number of likely N-dealkylation sites (tertiary alicyclic amines) is 1. The summed E-state index contributed by atoms with van der Waals surface area (Å²) in [5.74, 6) is -1.97. The first kappa shape index (κ1) is 23.3. The molecule has 1 rings (SSSR count). The lowest BCUT2D eigenvalue weighted by Crippen LogP contribution is -2.60. The van der Waals surface area contributed by atoms with Crippen molar-refractivity contribution in [3.63, 3.8) is 0 Å². The van der Waals surface area contributed by atoms with Gasteiger partial charge in [0.05, 0.1) is 19.6 Å². The minimum Gasteiger partial charge on any atom is -0.469 e. The summed E-state index contributed by atoms with van der Waals surface area (Å²) < 4.78 is 4.73. The van der Waals surface area contributed by atoms with E-state index in [2.05, 4.69) is 6.92 Å². The van der Waals surface area contributed by atoms with Crippen molar-refractivity contribution in [1.82, 2.24) is 4.90 Å². The van der Waals surface area contributed by atoms with Gasteiger partial charge in [-0.2, -0.15) is 0 Å². The maximum atomic E-state index is 13.4. The van der Waals surface area contributed by atoms with Crippen molar-refractivity contribution >= 4 is 23.9 Å². The van der Waals surface area contributed by atoms with Crippen molar-refractivity contribution in [2.75, 3.05) is 13.7 Å². The van der Waals surface area contributed by atoms with Gasteiger partial charge < -0.3 is 20.2 Å². The zero-order chi connectivity index (χ0) is 20.6. The Bertz CT molecular complexity index is 548. The van der Waals surface area contributed by atoms with Crippen molar-refractivity contribution in [1.29, 1.82) is 0 Å². The van der Waals surface area contributed by atoms with E-state index in [0.29, 0.717) is 25.7 Å². The van der Waals surface area contributed by atoms with Crippen LogP contribution in [0.15, 0.2) is 0 Å². The fourth-order valence-corrected chi connectivity index (χ4v) is 3.65. The molecule has 0 aromatic rings. The third-order valence-corrected chi connectivity index (χ3v) is 5.48. The molecule has 3 atom stereocenters. The predicted molar refractivity (Wildman–Crippen MR) is 102 cm³/mol. The number of nitrogens with zero attached hydrogens (tertiary/aromatic N) is 1. The van der Waals surface area contributed by atoms with E-state index in [-0.39, 0.29) is 30.4 Å². The van der Waals surface area contributed by atoms with Crippen LogP contribution in [0.1, 0.15) is 65.7 Å². The van der Waals surface area contributed by atoms with Crippen molar-refractivity contribution in [3.8, 4) is 0 Å². The van der Waals surface area contributed by atoms with Crippen LogP contribution in [0.5, 0.6) is 0 Å². The summed E-state index contributed by atoms with van der Waals surface area (Å²) in [6, 6.07) is -0.769. The molecule has 7 nitrogen and oxygen atoms in total. The first-order valence-corrected chi connectivity index (χ1v) is 9.89. The number of rotatable bonds is 11. The average molecular weight is 383 g/mol. The first-order valence-electron chi connectivity index (χ1n) is 9.89. The third-order valence-electron chi connectivity index (χ3n) is 5.48. The minimum atomic E-state index is -1.52. The van der Waals surface area contributed by atoms with Crippen LogP contribution in [0, 0.1) is 11.8 Å². The number of hydrogen-bond donors (Lipinski definition) is 1. The zero-order valence-corrected chi connectivity index (χ0v) is 17.0. The monoisotopic (exact) mass is 382 g/mol. The SMILES string of the molecule is CCCCCC(CC(=O)OC)C(=O)[C@@]1(C=O)CCCN1C(=O)[C@@H](N)C(C)C. The van der Waals surface area contributed by atoms with Gasteiger partial charge in [-0.15, -0.1) is 0 Å². The smallest absolute Gasteiger partial charge is 0.306 e. The highest BCUT2D eigenvalue weighted by atomic mass is 16.5. The number of unbranched alkanes of at least 4 members (excludes halogenated alkanes) is 2. The summed E-state index contributed by atoms with van der Waals surface area (Å²) >= 11 is 0. The highest BCUT2D eigenvalue weighted by Crippen LogP contribution is 2.34. The fraction of sp³-hybridized carbons (Fsp3) is 0.800. The molecule has 0 radical (unpaired) electrons. The topological polar surface area (TPSA) is 107 Å². The molecular weight excluding hydrogens is 348 g/mol. The van der Waals surface area contributed by atoms with Gasteiger partial charge in [-0.3, -0.25) is 14.4 Å². The van der Waals surface area contributed by atoms with Crippen molar-refractivity contribution in [2.24, 2.45) is 17.6 Å². The van der Waals surface area contributed by atoms with Gasteiger partial charge in [0.15, 0.2) is 17.6 Å². The molecule has 1 fully saturated rings. The number of ketones is 1. The van der Waals surface area contributed by atoms with Crippen LogP contribution >= 0.6 is 0 Å². The van der Waals surface area contributed by atoms with Crippen LogP contribution in [-0.4, -0.2) is 54.1 Å². The normalized spacial score (nSPS) is 21.8. The van der Waals surface area contributed by atoms with Gasteiger partial charge in [-0.05, 0) is 25.2 Å². The molecule has 1 saturated heterocycles. The van der Waals surface area contributed by atoms with E-state index < -0.39 is 23.5 Å². The molecule has 1 aliphatic rings. The molecule has 0 bridgehead atoms. The minimum absolute atomic E-state index is 0.0765. The van der Waals surface area contributed by atoms with Crippen molar-refractivity contribution in [3.05, 3.63) is 0 Å². The third kappa shape index (κ3) is 5.37. The van der Waals surface area contributed by atoms with E-state index >= 15 is 0 Å². The zero-order valence-electron chi connectivity index (χ0n) is 17.0. The maximum absolute atomic E-state index is 13.4.